The smallest absolute Gasteiger partial charge is 0.126 e. The van der Waals surface area contributed by atoms with Crippen LogP contribution in [0.5, 0.6) is 0 Å². The number of hydrogen-bond donors (Lipinski definition) is 1. The summed E-state index contributed by atoms with van der Waals surface area (Å²) < 4.78 is 26.5. The summed E-state index contributed by atoms with van der Waals surface area (Å²) in [6.45, 7) is 0. The Bertz CT molecular complexity index is 569. The molecular weight excluding hydrogens is 244 g/mol. The summed E-state index contributed by atoms with van der Waals surface area (Å²) in [6, 6.07) is 13.6. The van der Waals surface area contributed by atoms with Crippen molar-refractivity contribution in [1.29, 1.82) is 0 Å². The molecule has 2 aromatic carbocycles. The monoisotopic (exact) mass is 259 g/mol. The average Bonchev–Trinajstić information content (AvgIpc) is 2.35. The summed E-state index contributed by atoms with van der Waals surface area (Å²) in [5, 5.41) is 0. The van der Waals surface area contributed by atoms with Gasteiger partial charge >= 0.3 is 0 Å². The van der Waals surface area contributed by atoms with Gasteiger partial charge in [0, 0.05) is 11.6 Å². The molecule has 0 spiro atoms. The first-order valence-corrected chi connectivity index (χ1v) is 6.37. The molecule has 2 N–H and O–H groups in total. The molecule has 19 heavy (non-hydrogen) atoms. The molecular formula is C16H15F2N. The minimum Gasteiger partial charge on any atom is -0.321 e. The molecule has 0 bridgehead atoms. The van der Waals surface area contributed by atoms with Crippen molar-refractivity contribution in [2.75, 3.05) is 0 Å². The van der Waals surface area contributed by atoms with Gasteiger partial charge in [0.1, 0.15) is 11.6 Å². The maximum atomic E-state index is 13.2. The summed E-state index contributed by atoms with van der Waals surface area (Å²) in [5.41, 5.74) is 7.44. The summed E-state index contributed by atoms with van der Waals surface area (Å²) in [5.74, 6) is -0.761. The first-order valence-electron chi connectivity index (χ1n) is 6.37. The second-order valence-electron chi connectivity index (χ2n) is 5.33. The van der Waals surface area contributed by atoms with E-state index in [1.54, 1.807) is 0 Å². The third-order valence-electron chi connectivity index (χ3n) is 3.93. The van der Waals surface area contributed by atoms with Crippen LogP contribution in [0.3, 0.4) is 0 Å². The predicted octanol–water partition coefficient (Wildman–Crippen LogP) is 3.70. The fourth-order valence-corrected chi connectivity index (χ4v) is 2.86. The van der Waals surface area contributed by atoms with Crippen LogP contribution in [0.2, 0.25) is 0 Å². The minimum absolute atomic E-state index is 0.373. The van der Waals surface area contributed by atoms with Gasteiger partial charge in [0.05, 0.1) is 0 Å². The Morgan fingerprint density at radius 2 is 1.53 bits per heavy atom. The van der Waals surface area contributed by atoms with Crippen molar-refractivity contribution >= 4 is 0 Å². The van der Waals surface area contributed by atoms with E-state index in [1.807, 2.05) is 18.2 Å². The number of halogens is 2. The van der Waals surface area contributed by atoms with E-state index in [0.29, 0.717) is 11.5 Å². The van der Waals surface area contributed by atoms with Crippen LogP contribution in [0.4, 0.5) is 8.78 Å². The molecule has 98 valence electrons. The van der Waals surface area contributed by atoms with Gasteiger partial charge in [-0.1, -0.05) is 30.3 Å². The minimum atomic E-state index is -0.608. The molecule has 0 atom stereocenters. The van der Waals surface area contributed by atoms with E-state index in [0.717, 1.165) is 18.9 Å². The Labute approximate surface area is 111 Å². The number of rotatable bonds is 2. The fraction of sp³-hybridized carbons (Fsp3) is 0.250. The van der Waals surface area contributed by atoms with Crippen LogP contribution >= 0.6 is 0 Å². The van der Waals surface area contributed by atoms with Gasteiger partial charge in [-0.25, -0.2) is 8.78 Å². The highest BCUT2D eigenvalue weighted by atomic mass is 19.1. The Kier molecular flexibility index (Phi) is 2.86. The van der Waals surface area contributed by atoms with E-state index >= 15 is 0 Å². The summed E-state index contributed by atoms with van der Waals surface area (Å²) >= 11 is 0. The lowest BCUT2D eigenvalue weighted by Crippen LogP contribution is -2.48. The van der Waals surface area contributed by atoms with Crippen molar-refractivity contribution in [3.05, 3.63) is 71.3 Å². The normalized spacial score (nSPS) is 25.9. The molecule has 3 rings (SSSR count). The molecule has 1 aliphatic rings. The lowest BCUT2D eigenvalue weighted by atomic mass is 9.63. The molecule has 1 nitrogen and oxygen atoms in total. The molecule has 1 aliphatic carbocycles. The van der Waals surface area contributed by atoms with Gasteiger partial charge in [-0.05, 0) is 42.0 Å². The van der Waals surface area contributed by atoms with Crippen LogP contribution < -0.4 is 5.73 Å². The highest BCUT2D eigenvalue weighted by Crippen LogP contribution is 2.49. The highest BCUT2D eigenvalue weighted by molar-refractivity contribution is 5.33. The molecule has 0 amide bonds. The summed E-state index contributed by atoms with van der Waals surface area (Å²) in [6.07, 6.45) is 1.44. The number of benzene rings is 2. The zero-order valence-corrected chi connectivity index (χ0v) is 10.4. The van der Waals surface area contributed by atoms with Crippen LogP contribution in [0.15, 0.2) is 48.5 Å². The van der Waals surface area contributed by atoms with E-state index in [4.69, 9.17) is 5.73 Å². The van der Waals surface area contributed by atoms with Crippen molar-refractivity contribution < 1.29 is 8.78 Å². The van der Waals surface area contributed by atoms with Crippen molar-refractivity contribution in [2.45, 2.75) is 24.3 Å². The molecule has 0 aromatic heterocycles. The molecule has 0 heterocycles. The quantitative estimate of drug-likeness (QED) is 0.874. The largest absolute Gasteiger partial charge is 0.321 e. The predicted molar refractivity (Wildman–Crippen MR) is 70.6 cm³/mol. The van der Waals surface area contributed by atoms with Gasteiger partial charge in [-0.15, -0.1) is 0 Å². The van der Waals surface area contributed by atoms with Crippen LogP contribution in [-0.4, -0.2) is 0 Å². The molecule has 1 fully saturated rings. The third kappa shape index (κ3) is 2.26. The lowest BCUT2D eigenvalue weighted by Gasteiger charge is -2.45. The number of nitrogens with two attached hydrogens (primary N) is 1. The van der Waals surface area contributed by atoms with E-state index < -0.39 is 17.2 Å². The molecule has 0 radical (unpaired) electrons. The van der Waals surface area contributed by atoms with Crippen LogP contribution in [-0.2, 0) is 5.54 Å². The van der Waals surface area contributed by atoms with Crippen molar-refractivity contribution in [3.63, 3.8) is 0 Å². The molecule has 0 aliphatic heterocycles. The molecule has 0 saturated heterocycles. The van der Waals surface area contributed by atoms with Crippen molar-refractivity contribution in [2.24, 2.45) is 5.73 Å². The van der Waals surface area contributed by atoms with Gasteiger partial charge in [-0.2, -0.15) is 0 Å². The third-order valence-corrected chi connectivity index (χ3v) is 3.93. The van der Waals surface area contributed by atoms with E-state index in [-0.39, 0.29) is 0 Å². The Morgan fingerprint density at radius 1 is 0.947 bits per heavy atom. The van der Waals surface area contributed by atoms with Crippen LogP contribution in [0.25, 0.3) is 0 Å². The zero-order valence-electron chi connectivity index (χ0n) is 10.4. The van der Waals surface area contributed by atoms with Gasteiger partial charge < -0.3 is 5.73 Å². The summed E-state index contributed by atoms with van der Waals surface area (Å²) in [4.78, 5) is 0. The van der Waals surface area contributed by atoms with E-state index in [2.05, 4.69) is 12.1 Å². The van der Waals surface area contributed by atoms with Crippen molar-refractivity contribution in [1.82, 2.24) is 0 Å². The van der Waals surface area contributed by atoms with Crippen molar-refractivity contribution in [3.8, 4) is 0 Å². The molecule has 1 saturated carbocycles. The Morgan fingerprint density at radius 3 is 2.11 bits per heavy atom. The standard InChI is InChI=1S/C16H15F2N/c17-14-6-13(7-15(18)8-14)16(19)9-12(10-16)11-4-2-1-3-5-11/h1-8,12H,9-10,19H2. The molecule has 0 unspecified atom stereocenters. The fourth-order valence-electron chi connectivity index (χ4n) is 2.86. The molecule has 3 heteroatoms. The highest BCUT2D eigenvalue weighted by Gasteiger charge is 2.43. The molecule has 2 aromatic rings. The zero-order chi connectivity index (χ0) is 13.5. The number of hydrogen-bond acceptors (Lipinski definition) is 1. The van der Waals surface area contributed by atoms with E-state index in [1.165, 1.54) is 17.7 Å². The Balaban J connectivity index is 1.81. The second kappa shape index (κ2) is 4.42. The van der Waals surface area contributed by atoms with Gasteiger partial charge in [0.15, 0.2) is 0 Å². The summed E-state index contributed by atoms with van der Waals surface area (Å²) in [7, 11) is 0. The van der Waals surface area contributed by atoms with Gasteiger partial charge in [-0.3, -0.25) is 0 Å². The topological polar surface area (TPSA) is 26.0 Å². The van der Waals surface area contributed by atoms with Crippen LogP contribution in [0.1, 0.15) is 29.9 Å². The average molecular weight is 259 g/mol. The maximum absolute atomic E-state index is 13.2. The van der Waals surface area contributed by atoms with Crippen LogP contribution in [0, 0.1) is 11.6 Å². The second-order valence-corrected chi connectivity index (χ2v) is 5.33. The van der Waals surface area contributed by atoms with Gasteiger partial charge in [0.25, 0.3) is 0 Å². The SMILES string of the molecule is NC1(c2cc(F)cc(F)c2)CC(c2ccccc2)C1. The first kappa shape index (κ1) is 12.3. The Hall–Kier alpha value is -1.74. The maximum Gasteiger partial charge on any atom is 0.126 e. The lowest BCUT2D eigenvalue weighted by molar-refractivity contribution is 0.207. The van der Waals surface area contributed by atoms with Gasteiger partial charge in [0.2, 0.25) is 0 Å². The van der Waals surface area contributed by atoms with E-state index in [9.17, 15) is 8.78 Å². The first-order chi connectivity index (χ1) is 9.07.